The third kappa shape index (κ3) is 2.94. The van der Waals surface area contributed by atoms with Crippen LogP contribution >= 0.6 is 11.8 Å². The van der Waals surface area contributed by atoms with E-state index in [2.05, 4.69) is 4.98 Å². The molecule has 0 N–H and O–H groups in total. The van der Waals surface area contributed by atoms with Gasteiger partial charge >= 0.3 is 11.2 Å². The molecule has 1 amide bonds. The lowest BCUT2D eigenvalue weighted by Crippen LogP contribution is -2.38. The average molecular weight is 324 g/mol. The monoisotopic (exact) mass is 324 g/mol. The summed E-state index contributed by atoms with van der Waals surface area (Å²) in [5.74, 6) is -1.73. The van der Waals surface area contributed by atoms with E-state index in [9.17, 15) is 18.0 Å². The van der Waals surface area contributed by atoms with Gasteiger partial charge in [0.1, 0.15) is 10.8 Å². The van der Waals surface area contributed by atoms with E-state index in [1.165, 1.54) is 30.5 Å². The smallest absolute Gasteiger partial charge is 0.328 e. The lowest BCUT2D eigenvalue weighted by atomic mass is 10.1. The van der Waals surface area contributed by atoms with Gasteiger partial charge in [0, 0.05) is 19.3 Å². The Labute approximate surface area is 129 Å². The number of halogens is 3. The number of carbonyl (C=O) groups excluding carboxylic acids is 1. The molecule has 114 valence electrons. The molecule has 0 aliphatic carbocycles. The largest absolute Gasteiger partial charge is 0.376 e. The number of hydrogen-bond acceptors (Lipinski definition) is 3. The number of thioether (sulfide) groups is 1. The number of rotatable bonds is 3. The number of amides is 1. The van der Waals surface area contributed by atoms with Crippen LogP contribution in [-0.2, 0) is 17.9 Å². The van der Waals surface area contributed by atoms with E-state index in [0.29, 0.717) is 11.1 Å². The van der Waals surface area contributed by atoms with E-state index in [4.69, 9.17) is 0 Å². The summed E-state index contributed by atoms with van der Waals surface area (Å²) >= 11 is 0.113. The van der Waals surface area contributed by atoms with Crippen molar-refractivity contribution in [1.82, 2.24) is 9.88 Å². The second-order valence-electron chi connectivity index (χ2n) is 4.86. The molecule has 1 aromatic heterocycles. The van der Waals surface area contributed by atoms with Gasteiger partial charge < -0.3 is 4.90 Å². The van der Waals surface area contributed by atoms with Crippen molar-refractivity contribution < 1.29 is 18.0 Å². The van der Waals surface area contributed by atoms with Gasteiger partial charge in [-0.2, -0.15) is 8.78 Å². The van der Waals surface area contributed by atoms with Crippen molar-refractivity contribution >= 4 is 17.7 Å². The molecule has 0 atom stereocenters. The molecular formula is C15H11F3N2OS. The Morgan fingerprint density at radius 1 is 1.18 bits per heavy atom. The van der Waals surface area contributed by atoms with E-state index < -0.39 is 17.0 Å². The minimum atomic E-state index is -3.62. The third-order valence-corrected chi connectivity index (χ3v) is 4.18. The van der Waals surface area contributed by atoms with Gasteiger partial charge in [-0.3, -0.25) is 4.79 Å². The quantitative estimate of drug-likeness (QED) is 0.811. The van der Waals surface area contributed by atoms with E-state index in [1.54, 1.807) is 12.1 Å². The summed E-state index contributed by atoms with van der Waals surface area (Å²) < 4.78 is 41.4. The summed E-state index contributed by atoms with van der Waals surface area (Å²) in [6, 6.07) is 8.64. The summed E-state index contributed by atoms with van der Waals surface area (Å²) in [7, 11) is 0. The summed E-state index contributed by atoms with van der Waals surface area (Å²) in [5, 5.41) is -3.54. The number of alkyl halides is 2. The van der Waals surface area contributed by atoms with Crippen LogP contribution in [0.1, 0.15) is 11.1 Å². The Bertz CT molecular complexity index is 709. The predicted molar refractivity (Wildman–Crippen MR) is 75.7 cm³/mol. The number of nitrogens with zero attached hydrogens (tertiary/aromatic N) is 2. The highest BCUT2D eigenvalue weighted by Gasteiger charge is 2.45. The first-order valence-corrected chi connectivity index (χ1v) is 7.32. The lowest BCUT2D eigenvalue weighted by molar-refractivity contribution is -0.146. The van der Waals surface area contributed by atoms with Gasteiger partial charge in [-0.1, -0.05) is 12.1 Å². The summed E-state index contributed by atoms with van der Waals surface area (Å²) in [5.41, 5.74) is 1.25. The van der Waals surface area contributed by atoms with Crippen LogP contribution in [0, 0.1) is 5.82 Å². The van der Waals surface area contributed by atoms with Gasteiger partial charge in [0.25, 0.3) is 0 Å². The molecule has 3 nitrogen and oxygen atoms in total. The van der Waals surface area contributed by atoms with Gasteiger partial charge in [-0.05, 0) is 47.2 Å². The Kier molecular flexibility index (Phi) is 3.82. The lowest BCUT2D eigenvalue weighted by Gasteiger charge is -2.21. The molecular weight excluding hydrogens is 313 g/mol. The molecule has 22 heavy (non-hydrogen) atoms. The molecule has 7 heteroatoms. The zero-order chi connectivity index (χ0) is 15.7. The summed E-state index contributed by atoms with van der Waals surface area (Å²) in [6.45, 7) is 0.0527. The van der Waals surface area contributed by atoms with E-state index in [0.717, 1.165) is 4.90 Å². The molecule has 0 unspecified atom stereocenters. The molecule has 2 heterocycles. The zero-order valence-electron chi connectivity index (χ0n) is 11.3. The fourth-order valence-corrected chi connectivity index (χ4v) is 3.01. The van der Waals surface area contributed by atoms with Crippen LogP contribution in [0.15, 0.2) is 47.6 Å². The van der Waals surface area contributed by atoms with Crippen molar-refractivity contribution in [2.24, 2.45) is 0 Å². The highest BCUT2D eigenvalue weighted by Crippen LogP contribution is 2.38. The third-order valence-electron chi connectivity index (χ3n) is 3.30. The molecule has 0 bridgehead atoms. The van der Waals surface area contributed by atoms with E-state index in [-0.39, 0.29) is 29.9 Å². The fraction of sp³-hybridized carbons (Fsp3) is 0.200. The highest BCUT2D eigenvalue weighted by atomic mass is 32.2. The first kappa shape index (κ1) is 14.9. The van der Waals surface area contributed by atoms with Crippen molar-refractivity contribution in [3.8, 4) is 0 Å². The van der Waals surface area contributed by atoms with Crippen LogP contribution in [0.4, 0.5) is 13.2 Å². The van der Waals surface area contributed by atoms with Crippen LogP contribution in [0.2, 0.25) is 0 Å². The van der Waals surface area contributed by atoms with Crippen LogP contribution < -0.4 is 0 Å². The minimum absolute atomic E-state index is 0.00963. The molecule has 3 rings (SSSR count). The number of aromatic nitrogens is 1. The summed E-state index contributed by atoms with van der Waals surface area (Å²) in [4.78, 5) is 16.9. The van der Waals surface area contributed by atoms with Gasteiger partial charge in [-0.15, -0.1) is 0 Å². The van der Waals surface area contributed by atoms with Crippen molar-refractivity contribution in [1.29, 1.82) is 0 Å². The topological polar surface area (TPSA) is 33.2 Å². The molecule has 0 fully saturated rings. The number of hydrogen-bond donors (Lipinski definition) is 0. The number of fused-ring (bicyclic) bond motifs is 1. The number of benzene rings is 1. The Balaban J connectivity index is 1.74. The molecule has 0 saturated carbocycles. The molecule has 0 saturated heterocycles. The maximum absolute atomic E-state index is 14.1. The zero-order valence-corrected chi connectivity index (χ0v) is 12.1. The molecule has 0 radical (unpaired) electrons. The SMILES string of the molecule is O=C(N1Cc2ccc(F)cc2C1)C(F)(F)Sc1ccccn1. The van der Waals surface area contributed by atoms with Crippen LogP contribution in [0.5, 0.6) is 0 Å². The van der Waals surface area contributed by atoms with Crippen molar-refractivity contribution in [2.45, 2.75) is 23.4 Å². The molecule has 2 aromatic rings. The Morgan fingerprint density at radius 2 is 1.95 bits per heavy atom. The molecule has 1 aromatic carbocycles. The van der Waals surface area contributed by atoms with Gasteiger partial charge in [0.2, 0.25) is 0 Å². The Hall–Kier alpha value is -2.02. The second kappa shape index (κ2) is 5.64. The maximum atomic E-state index is 14.1. The van der Waals surface area contributed by atoms with Gasteiger partial charge in [-0.25, -0.2) is 9.37 Å². The predicted octanol–water partition coefficient (Wildman–Crippen LogP) is 3.45. The van der Waals surface area contributed by atoms with Crippen LogP contribution in [0.3, 0.4) is 0 Å². The maximum Gasteiger partial charge on any atom is 0.376 e. The fourth-order valence-electron chi connectivity index (χ4n) is 2.27. The molecule has 1 aliphatic heterocycles. The van der Waals surface area contributed by atoms with Gasteiger partial charge in [0.05, 0.1) is 0 Å². The van der Waals surface area contributed by atoms with Crippen molar-refractivity contribution in [2.75, 3.05) is 0 Å². The Morgan fingerprint density at radius 3 is 2.68 bits per heavy atom. The van der Waals surface area contributed by atoms with Gasteiger partial charge in [0.15, 0.2) is 0 Å². The number of pyridine rings is 1. The second-order valence-corrected chi connectivity index (χ2v) is 6.00. The highest BCUT2D eigenvalue weighted by molar-refractivity contribution is 8.01. The van der Waals surface area contributed by atoms with E-state index >= 15 is 0 Å². The normalized spacial score (nSPS) is 14.0. The van der Waals surface area contributed by atoms with Crippen LogP contribution in [0.25, 0.3) is 0 Å². The van der Waals surface area contributed by atoms with Crippen molar-refractivity contribution in [3.63, 3.8) is 0 Å². The molecule has 1 aliphatic rings. The van der Waals surface area contributed by atoms with Crippen LogP contribution in [-0.4, -0.2) is 21.0 Å². The van der Waals surface area contributed by atoms with E-state index in [1.807, 2.05) is 0 Å². The molecule has 0 spiro atoms. The minimum Gasteiger partial charge on any atom is -0.328 e. The number of carbonyl (C=O) groups is 1. The standard InChI is InChI=1S/C15H11F3N2OS/c16-12-5-4-10-8-20(9-11(10)7-12)14(21)15(17,18)22-13-3-1-2-6-19-13/h1-7H,8-9H2. The summed E-state index contributed by atoms with van der Waals surface area (Å²) in [6.07, 6.45) is 1.39. The first-order valence-electron chi connectivity index (χ1n) is 6.50. The van der Waals surface area contributed by atoms with Crippen molar-refractivity contribution in [3.05, 3.63) is 59.5 Å². The first-order chi connectivity index (χ1) is 10.5. The average Bonchev–Trinajstić information content (AvgIpc) is 2.89.